The first kappa shape index (κ1) is 16.5. The average Bonchev–Trinajstić information content (AvgIpc) is 2.61. The van der Waals surface area contributed by atoms with E-state index in [0.29, 0.717) is 5.56 Å². The molecule has 0 saturated carbocycles. The van der Waals surface area contributed by atoms with Gasteiger partial charge in [0.05, 0.1) is 11.6 Å². The summed E-state index contributed by atoms with van der Waals surface area (Å²) in [5, 5.41) is 3.18. The molecular weight excluding hydrogens is 362 g/mol. The molecule has 0 fully saturated rings. The van der Waals surface area contributed by atoms with E-state index in [1.165, 1.54) is 0 Å². The minimum Gasteiger partial charge on any atom is -0.341 e. The van der Waals surface area contributed by atoms with Crippen molar-refractivity contribution in [2.24, 2.45) is 0 Å². The normalized spacial score (nSPS) is 11.8. The molecule has 1 unspecified atom stereocenters. The fourth-order valence-electron chi connectivity index (χ4n) is 2.75. The quantitative estimate of drug-likeness (QED) is 0.656. The zero-order chi connectivity index (χ0) is 16.9. The van der Waals surface area contributed by atoms with Crippen LogP contribution in [0, 0.1) is 6.92 Å². The first-order chi connectivity index (χ1) is 11.7. The van der Waals surface area contributed by atoms with Crippen LogP contribution >= 0.6 is 15.9 Å². The first-order valence-corrected chi connectivity index (χ1v) is 8.62. The molecule has 3 heteroatoms. The third kappa shape index (κ3) is 3.57. The van der Waals surface area contributed by atoms with Gasteiger partial charge in [-0.2, -0.15) is 0 Å². The van der Waals surface area contributed by atoms with Gasteiger partial charge in [0.1, 0.15) is 0 Å². The van der Waals surface area contributed by atoms with Crippen molar-refractivity contribution in [2.45, 2.75) is 13.0 Å². The third-order valence-electron chi connectivity index (χ3n) is 4.03. The Hall–Kier alpha value is -2.39. The molecule has 1 N–H and O–H groups in total. The molecule has 0 heterocycles. The van der Waals surface area contributed by atoms with Crippen molar-refractivity contribution in [2.75, 3.05) is 0 Å². The number of aryl methyl sites for hydroxylation is 1. The molecule has 0 bridgehead atoms. The van der Waals surface area contributed by atoms with Crippen molar-refractivity contribution in [3.63, 3.8) is 0 Å². The van der Waals surface area contributed by atoms with Gasteiger partial charge in [0.2, 0.25) is 0 Å². The molecule has 0 aliphatic heterocycles. The van der Waals surface area contributed by atoms with E-state index in [2.05, 4.69) is 40.3 Å². The second-order valence-electron chi connectivity index (χ2n) is 5.65. The topological polar surface area (TPSA) is 29.1 Å². The molecule has 0 aromatic heterocycles. The smallest absolute Gasteiger partial charge is 0.253 e. The van der Waals surface area contributed by atoms with Crippen LogP contribution in [-0.4, -0.2) is 5.91 Å². The van der Waals surface area contributed by atoms with Crippen LogP contribution in [0.1, 0.15) is 33.1 Å². The van der Waals surface area contributed by atoms with E-state index in [9.17, 15) is 4.79 Å². The Morgan fingerprint density at radius 1 is 0.875 bits per heavy atom. The van der Waals surface area contributed by atoms with Crippen molar-refractivity contribution >= 4 is 21.8 Å². The van der Waals surface area contributed by atoms with Crippen LogP contribution in [0.15, 0.2) is 83.3 Å². The summed E-state index contributed by atoms with van der Waals surface area (Å²) in [7, 11) is 0. The number of amides is 1. The number of rotatable bonds is 4. The number of carbonyl (C=O) groups is 1. The predicted molar refractivity (Wildman–Crippen MR) is 101 cm³/mol. The molecule has 1 amide bonds. The molecule has 3 rings (SSSR count). The van der Waals surface area contributed by atoms with Gasteiger partial charge in [0, 0.05) is 4.47 Å². The second-order valence-corrected chi connectivity index (χ2v) is 6.51. The SMILES string of the molecule is Cc1ccccc1C(NC(=O)c1ccccc1Br)c1ccccc1. The highest BCUT2D eigenvalue weighted by Gasteiger charge is 2.20. The van der Waals surface area contributed by atoms with Gasteiger partial charge in [-0.1, -0.05) is 66.7 Å². The fourth-order valence-corrected chi connectivity index (χ4v) is 3.22. The highest BCUT2D eigenvalue weighted by molar-refractivity contribution is 9.10. The molecule has 0 spiro atoms. The van der Waals surface area contributed by atoms with Gasteiger partial charge < -0.3 is 5.32 Å². The molecule has 1 atom stereocenters. The summed E-state index contributed by atoms with van der Waals surface area (Å²) in [6.07, 6.45) is 0. The Bertz CT molecular complexity index is 845. The van der Waals surface area contributed by atoms with Crippen LogP contribution in [0.2, 0.25) is 0 Å². The van der Waals surface area contributed by atoms with E-state index in [0.717, 1.165) is 21.2 Å². The standard InChI is InChI=1S/C21H18BrNO/c1-15-9-5-6-12-17(15)20(16-10-3-2-4-11-16)23-21(24)18-13-7-8-14-19(18)22/h2-14,20H,1H3,(H,23,24). The van der Waals surface area contributed by atoms with Crippen LogP contribution in [0.5, 0.6) is 0 Å². The van der Waals surface area contributed by atoms with E-state index >= 15 is 0 Å². The number of benzene rings is 3. The fraction of sp³-hybridized carbons (Fsp3) is 0.0952. The largest absolute Gasteiger partial charge is 0.341 e. The zero-order valence-corrected chi connectivity index (χ0v) is 15.0. The van der Waals surface area contributed by atoms with Crippen LogP contribution in [0.25, 0.3) is 0 Å². The van der Waals surface area contributed by atoms with Gasteiger partial charge in [0.15, 0.2) is 0 Å². The van der Waals surface area contributed by atoms with Crippen molar-refractivity contribution in [3.8, 4) is 0 Å². The Balaban J connectivity index is 1.99. The summed E-state index contributed by atoms with van der Waals surface area (Å²) in [5.41, 5.74) is 3.95. The molecular formula is C21H18BrNO. The molecule has 3 aromatic rings. The lowest BCUT2D eigenvalue weighted by Gasteiger charge is -2.22. The number of hydrogen-bond acceptors (Lipinski definition) is 1. The van der Waals surface area contributed by atoms with E-state index in [1.807, 2.05) is 66.7 Å². The number of halogens is 1. The van der Waals surface area contributed by atoms with Crippen LogP contribution in [0.4, 0.5) is 0 Å². The van der Waals surface area contributed by atoms with E-state index in [1.54, 1.807) is 0 Å². The summed E-state index contributed by atoms with van der Waals surface area (Å²) in [5.74, 6) is -0.0976. The monoisotopic (exact) mass is 379 g/mol. The molecule has 0 saturated heterocycles. The second kappa shape index (κ2) is 7.45. The zero-order valence-electron chi connectivity index (χ0n) is 13.4. The average molecular weight is 380 g/mol. The maximum atomic E-state index is 12.8. The summed E-state index contributed by atoms with van der Waals surface area (Å²) in [6.45, 7) is 2.07. The van der Waals surface area contributed by atoms with Crippen molar-refractivity contribution in [3.05, 3.63) is 106 Å². The lowest BCUT2D eigenvalue weighted by molar-refractivity contribution is 0.0942. The summed E-state index contributed by atoms with van der Waals surface area (Å²) < 4.78 is 0.791. The maximum Gasteiger partial charge on any atom is 0.253 e. The van der Waals surface area contributed by atoms with Crippen molar-refractivity contribution in [1.29, 1.82) is 0 Å². The Morgan fingerprint density at radius 3 is 2.21 bits per heavy atom. The number of hydrogen-bond donors (Lipinski definition) is 1. The highest BCUT2D eigenvalue weighted by Crippen LogP contribution is 2.26. The predicted octanol–water partition coefficient (Wildman–Crippen LogP) is 5.28. The first-order valence-electron chi connectivity index (χ1n) is 7.82. The highest BCUT2D eigenvalue weighted by atomic mass is 79.9. The van der Waals surface area contributed by atoms with E-state index in [-0.39, 0.29) is 11.9 Å². The number of carbonyl (C=O) groups excluding carboxylic acids is 1. The van der Waals surface area contributed by atoms with Gasteiger partial charge in [-0.05, 0) is 51.7 Å². The molecule has 120 valence electrons. The number of nitrogens with one attached hydrogen (secondary N) is 1. The molecule has 0 aliphatic rings. The molecule has 0 aliphatic carbocycles. The van der Waals surface area contributed by atoms with Gasteiger partial charge in [-0.15, -0.1) is 0 Å². The third-order valence-corrected chi connectivity index (χ3v) is 4.72. The van der Waals surface area contributed by atoms with Crippen molar-refractivity contribution in [1.82, 2.24) is 5.32 Å². The molecule has 2 nitrogen and oxygen atoms in total. The maximum absolute atomic E-state index is 12.8. The Kier molecular flexibility index (Phi) is 5.11. The van der Waals surface area contributed by atoms with Crippen LogP contribution < -0.4 is 5.32 Å². The lowest BCUT2D eigenvalue weighted by Crippen LogP contribution is -2.30. The van der Waals surface area contributed by atoms with Gasteiger partial charge in [0.25, 0.3) is 5.91 Å². The summed E-state index contributed by atoms with van der Waals surface area (Å²) in [4.78, 5) is 12.8. The van der Waals surface area contributed by atoms with E-state index < -0.39 is 0 Å². The Morgan fingerprint density at radius 2 is 1.50 bits per heavy atom. The summed E-state index contributed by atoms with van der Waals surface area (Å²) >= 11 is 3.45. The van der Waals surface area contributed by atoms with Crippen LogP contribution in [0.3, 0.4) is 0 Å². The van der Waals surface area contributed by atoms with Gasteiger partial charge in [-0.25, -0.2) is 0 Å². The molecule has 0 radical (unpaired) electrons. The molecule has 24 heavy (non-hydrogen) atoms. The summed E-state index contributed by atoms with van der Waals surface area (Å²) in [6, 6.07) is 25.5. The Labute approximate surface area is 150 Å². The lowest BCUT2D eigenvalue weighted by atomic mass is 9.94. The van der Waals surface area contributed by atoms with Crippen molar-refractivity contribution < 1.29 is 4.79 Å². The van der Waals surface area contributed by atoms with Gasteiger partial charge in [-0.3, -0.25) is 4.79 Å². The molecule has 3 aromatic carbocycles. The van der Waals surface area contributed by atoms with Crippen LogP contribution in [-0.2, 0) is 0 Å². The van der Waals surface area contributed by atoms with Gasteiger partial charge >= 0.3 is 0 Å². The minimum absolute atomic E-state index is 0.0976. The van der Waals surface area contributed by atoms with E-state index in [4.69, 9.17) is 0 Å². The minimum atomic E-state index is -0.188.